The molecule has 4 nitrogen and oxygen atoms in total. The lowest BCUT2D eigenvalue weighted by atomic mass is 10.1. The van der Waals surface area contributed by atoms with Crippen molar-refractivity contribution >= 4 is 23.3 Å². The van der Waals surface area contributed by atoms with E-state index in [4.69, 9.17) is 0 Å². The molecule has 2 aromatic rings. The van der Waals surface area contributed by atoms with E-state index < -0.39 is 18.0 Å². The number of aromatic nitrogens is 1. The Morgan fingerprint density at radius 1 is 1.19 bits per heavy atom. The number of rotatable bonds is 7. The molecule has 1 unspecified atom stereocenters. The third-order valence-electron chi connectivity index (χ3n) is 3.45. The van der Waals surface area contributed by atoms with Crippen LogP contribution in [0.15, 0.2) is 41.4 Å². The molecular weight excluding hydrogens is 363 g/mol. The Bertz CT molecular complexity index is 738. The number of nitrogens with zero attached hydrogens (tertiary/aromatic N) is 1. The third-order valence-corrected chi connectivity index (χ3v) is 4.42. The molecule has 0 saturated carbocycles. The highest BCUT2D eigenvalue weighted by Gasteiger charge is 2.32. The SMILES string of the molecule is CCSc1ccccc1C(O)Nc1cc(C(F)(F)F)cnc1NC(C)C. The summed E-state index contributed by atoms with van der Waals surface area (Å²) in [7, 11) is 0. The zero-order valence-corrected chi connectivity index (χ0v) is 15.6. The van der Waals surface area contributed by atoms with Gasteiger partial charge in [-0.15, -0.1) is 11.8 Å². The highest BCUT2D eigenvalue weighted by atomic mass is 32.2. The standard InChI is InChI=1S/C18H22F3N3OS/c1-4-26-15-8-6-5-7-13(15)17(25)24-14-9-12(18(19,20)21)10-22-16(14)23-11(2)3/h5-11,17,24-25H,4H2,1-3H3,(H,22,23). The van der Waals surface area contributed by atoms with E-state index in [1.807, 2.05) is 32.9 Å². The minimum absolute atomic E-state index is 0.0279. The molecule has 0 aliphatic rings. The smallest absolute Gasteiger partial charge is 0.369 e. The van der Waals surface area contributed by atoms with Crippen molar-refractivity contribution in [2.75, 3.05) is 16.4 Å². The maximum Gasteiger partial charge on any atom is 0.417 e. The summed E-state index contributed by atoms with van der Waals surface area (Å²) in [4.78, 5) is 4.75. The van der Waals surface area contributed by atoms with E-state index in [2.05, 4.69) is 15.6 Å². The summed E-state index contributed by atoms with van der Waals surface area (Å²) in [5.41, 5.74) is -0.178. The van der Waals surface area contributed by atoms with Crippen LogP contribution < -0.4 is 10.6 Å². The number of anilines is 2. The lowest BCUT2D eigenvalue weighted by Crippen LogP contribution is -2.18. The lowest BCUT2D eigenvalue weighted by molar-refractivity contribution is -0.137. The summed E-state index contributed by atoms with van der Waals surface area (Å²) in [5.74, 6) is 1.07. The molecule has 0 bridgehead atoms. The maximum absolute atomic E-state index is 13.0. The molecular formula is C18H22F3N3OS. The second-order valence-electron chi connectivity index (χ2n) is 5.93. The number of benzene rings is 1. The van der Waals surface area contributed by atoms with Gasteiger partial charge in [-0.05, 0) is 31.7 Å². The first-order valence-electron chi connectivity index (χ1n) is 8.22. The van der Waals surface area contributed by atoms with Gasteiger partial charge in [-0.2, -0.15) is 13.2 Å². The van der Waals surface area contributed by atoms with Gasteiger partial charge in [0.15, 0.2) is 6.23 Å². The molecule has 0 spiro atoms. The van der Waals surface area contributed by atoms with Gasteiger partial charge in [0, 0.05) is 22.7 Å². The van der Waals surface area contributed by atoms with Gasteiger partial charge < -0.3 is 15.7 Å². The normalized spacial score (nSPS) is 12.9. The molecule has 1 heterocycles. The van der Waals surface area contributed by atoms with E-state index in [1.54, 1.807) is 23.9 Å². The minimum atomic E-state index is -4.51. The summed E-state index contributed by atoms with van der Waals surface area (Å²) < 4.78 is 39.1. The van der Waals surface area contributed by atoms with Crippen LogP contribution in [0, 0.1) is 0 Å². The number of halogens is 3. The highest BCUT2D eigenvalue weighted by molar-refractivity contribution is 7.99. The lowest BCUT2D eigenvalue weighted by Gasteiger charge is -2.21. The van der Waals surface area contributed by atoms with Crippen molar-refractivity contribution in [1.29, 1.82) is 0 Å². The van der Waals surface area contributed by atoms with Crippen LogP contribution in [0.1, 0.15) is 38.1 Å². The topological polar surface area (TPSA) is 57.2 Å². The van der Waals surface area contributed by atoms with Gasteiger partial charge in [-0.1, -0.05) is 25.1 Å². The molecule has 1 aromatic heterocycles. The van der Waals surface area contributed by atoms with Crippen LogP contribution in [0.4, 0.5) is 24.7 Å². The molecule has 2 rings (SSSR count). The van der Waals surface area contributed by atoms with Gasteiger partial charge in [0.25, 0.3) is 0 Å². The molecule has 0 saturated heterocycles. The number of nitrogens with one attached hydrogen (secondary N) is 2. The van der Waals surface area contributed by atoms with Crippen LogP contribution in [-0.4, -0.2) is 21.9 Å². The highest BCUT2D eigenvalue weighted by Crippen LogP contribution is 2.35. The number of hydrogen-bond donors (Lipinski definition) is 3. The number of hydrogen-bond acceptors (Lipinski definition) is 5. The van der Waals surface area contributed by atoms with Crippen LogP contribution >= 0.6 is 11.8 Å². The summed E-state index contributed by atoms with van der Waals surface area (Å²) in [6.45, 7) is 5.70. The van der Waals surface area contributed by atoms with Crippen molar-refractivity contribution in [3.63, 3.8) is 0 Å². The first kappa shape index (κ1) is 20.4. The Hall–Kier alpha value is -1.93. The summed E-state index contributed by atoms with van der Waals surface area (Å²) in [6.07, 6.45) is -4.90. The summed E-state index contributed by atoms with van der Waals surface area (Å²) >= 11 is 1.55. The fourth-order valence-electron chi connectivity index (χ4n) is 2.34. The summed E-state index contributed by atoms with van der Waals surface area (Å²) in [5, 5.41) is 16.3. The predicted molar refractivity (Wildman–Crippen MR) is 99.4 cm³/mol. The van der Waals surface area contributed by atoms with E-state index in [0.717, 1.165) is 22.9 Å². The fourth-order valence-corrected chi connectivity index (χ4v) is 3.17. The molecule has 0 aliphatic heterocycles. The molecule has 0 fully saturated rings. The number of pyridine rings is 1. The van der Waals surface area contributed by atoms with E-state index >= 15 is 0 Å². The maximum atomic E-state index is 13.0. The third kappa shape index (κ3) is 5.28. The quantitative estimate of drug-likeness (QED) is 0.455. The van der Waals surface area contributed by atoms with Crippen molar-refractivity contribution in [3.8, 4) is 0 Å². The van der Waals surface area contributed by atoms with Crippen LogP contribution in [0.25, 0.3) is 0 Å². The first-order valence-corrected chi connectivity index (χ1v) is 9.21. The van der Waals surface area contributed by atoms with Crippen LogP contribution in [0.2, 0.25) is 0 Å². The largest absolute Gasteiger partial charge is 0.417 e. The number of aliphatic hydroxyl groups excluding tert-OH is 1. The van der Waals surface area contributed by atoms with Gasteiger partial charge in [0.05, 0.1) is 11.3 Å². The van der Waals surface area contributed by atoms with Crippen molar-refractivity contribution < 1.29 is 18.3 Å². The summed E-state index contributed by atoms with van der Waals surface area (Å²) in [6, 6.07) is 8.16. The Balaban J connectivity index is 2.37. The molecule has 0 radical (unpaired) electrons. The van der Waals surface area contributed by atoms with Crippen LogP contribution in [-0.2, 0) is 6.18 Å². The molecule has 1 aromatic carbocycles. The van der Waals surface area contributed by atoms with Gasteiger partial charge in [-0.25, -0.2) is 4.98 Å². The Kier molecular flexibility index (Phi) is 6.77. The van der Waals surface area contributed by atoms with E-state index in [9.17, 15) is 18.3 Å². The number of thioether (sulfide) groups is 1. The Labute approximate surface area is 155 Å². The zero-order valence-electron chi connectivity index (χ0n) is 14.8. The van der Waals surface area contributed by atoms with Crippen LogP contribution in [0.5, 0.6) is 0 Å². The van der Waals surface area contributed by atoms with Crippen LogP contribution in [0.3, 0.4) is 0 Å². The van der Waals surface area contributed by atoms with Gasteiger partial charge in [0.1, 0.15) is 5.82 Å². The molecule has 1 atom stereocenters. The zero-order chi connectivity index (χ0) is 19.3. The number of aliphatic hydroxyl groups is 1. The second kappa shape index (κ2) is 8.64. The Morgan fingerprint density at radius 3 is 2.50 bits per heavy atom. The molecule has 0 amide bonds. The average Bonchev–Trinajstić information content (AvgIpc) is 2.55. The van der Waals surface area contributed by atoms with Crippen molar-refractivity contribution in [3.05, 3.63) is 47.7 Å². The van der Waals surface area contributed by atoms with Gasteiger partial charge in [0.2, 0.25) is 0 Å². The van der Waals surface area contributed by atoms with Crippen molar-refractivity contribution in [2.24, 2.45) is 0 Å². The van der Waals surface area contributed by atoms with Crippen molar-refractivity contribution in [2.45, 2.75) is 44.1 Å². The average molecular weight is 385 g/mol. The molecule has 142 valence electrons. The molecule has 3 N–H and O–H groups in total. The predicted octanol–water partition coefficient (Wildman–Crippen LogP) is 5.14. The van der Waals surface area contributed by atoms with E-state index in [-0.39, 0.29) is 17.5 Å². The van der Waals surface area contributed by atoms with E-state index in [1.165, 1.54) is 0 Å². The molecule has 26 heavy (non-hydrogen) atoms. The monoisotopic (exact) mass is 385 g/mol. The molecule has 8 heteroatoms. The van der Waals surface area contributed by atoms with Gasteiger partial charge >= 0.3 is 6.18 Å². The second-order valence-corrected chi connectivity index (χ2v) is 7.24. The Morgan fingerprint density at radius 2 is 1.88 bits per heavy atom. The van der Waals surface area contributed by atoms with Crippen molar-refractivity contribution in [1.82, 2.24) is 4.98 Å². The van der Waals surface area contributed by atoms with Gasteiger partial charge in [-0.3, -0.25) is 0 Å². The van der Waals surface area contributed by atoms with E-state index in [0.29, 0.717) is 5.56 Å². The number of alkyl halides is 3. The minimum Gasteiger partial charge on any atom is -0.369 e. The molecule has 0 aliphatic carbocycles. The fraction of sp³-hybridized carbons (Fsp3) is 0.389. The first-order chi connectivity index (χ1) is 12.2.